The Bertz CT molecular complexity index is 341. The summed E-state index contributed by atoms with van der Waals surface area (Å²) in [6.45, 7) is 5.30. The third-order valence-corrected chi connectivity index (χ3v) is 4.24. The molecule has 1 aliphatic carbocycles. The molecule has 0 aliphatic heterocycles. The van der Waals surface area contributed by atoms with Gasteiger partial charge in [0, 0.05) is 0 Å². The number of benzene rings is 1. The van der Waals surface area contributed by atoms with Gasteiger partial charge in [0.25, 0.3) is 0 Å². The highest BCUT2D eigenvalue weighted by Gasteiger charge is 2.20. The largest absolute Gasteiger partial charge is 0.330 e. The first kappa shape index (κ1) is 11.7. The minimum Gasteiger partial charge on any atom is -0.330 e. The smallest absolute Gasteiger partial charge is 0.00458 e. The third-order valence-electron chi connectivity index (χ3n) is 4.24. The van der Waals surface area contributed by atoms with Crippen molar-refractivity contribution in [1.82, 2.24) is 0 Å². The first-order chi connectivity index (χ1) is 7.72. The molecule has 0 amide bonds. The second kappa shape index (κ2) is 5.01. The van der Waals surface area contributed by atoms with Crippen molar-refractivity contribution >= 4 is 0 Å². The van der Waals surface area contributed by atoms with Gasteiger partial charge in [-0.05, 0) is 48.3 Å². The molecule has 1 fully saturated rings. The average molecular weight is 217 g/mol. The topological polar surface area (TPSA) is 26.0 Å². The second-order valence-electron chi connectivity index (χ2n) is 5.30. The zero-order valence-electron chi connectivity index (χ0n) is 10.4. The highest BCUT2D eigenvalue weighted by Crippen LogP contribution is 2.37. The highest BCUT2D eigenvalue weighted by atomic mass is 14.5. The van der Waals surface area contributed by atoms with E-state index in [1.165, 1.54) is 24.8 Å². The van der Waals surface area contributed by atoms with Crippen LogP contribution in [-0.2, 0) is 0 Å². The van der Waals surface area contributed by atoms with Gasteiger partial charge in [0.1, 0.15) is 0 Å². The van der Waals surface area contributed by atoms with Crippen LogP contribution in [0.2, 0.25) is 0 Å². The first-order valence-electron chi connectivity index (χ1n) is 6.52. The van der Waals surface area contributed by atoms with Gasteiger partial charge in [-0.25, -0.2) is 0 Å². The monoisotopic (exact) mass is 217 g/mol. The third kappa shape index (κ3) is 2.30. The molecule has 2 rings (SSSR count). The fourth-order valence-corrected chi connectivity index (χ4v) is 2.37. The first-order valence-corrected chi connectivity index (χ1v) is 6.52. The van der Waals surface area contributed by atoms with Gasteiger partial charge in [-0.15, -0.1) is 0 Å². The molecule has 1 aliphatic rings. The Morgan fingerprint density at radius 3 is 2.62 bits per heavy atom. The summed E-state index contributed by atoms with van der Waals surface area (Å²) in [5.74, 6) is 1.97. The molecule has 0 bridgehead atoms. The van der Waals surface area contributed by atoms with Crippen LogP contribution in [0.3, 0.4) is 0 Å². The predicted molar refractivity (Wildman–Crippen MR) is 69.7 cm³/mol. The van der Waals surface area contributed by atoms with Crippen LogP contribution in [0.5, 0.6) is 0 Å². The molecular formula is C15H23N. The highest BCUT2D eigenvalue weighted by molar-refractivity contribution is 5.30. The molecule has 0 spiro atoms. The van der Waals surface area contributed by atoms with E-state index in [0.717, 1.165) is 12.5 Å². The van der Waals surface area contributed by atoms with E-state index in [1.807, 2.05) is 0 Å². The molecule has 16 heavy (non-hydrogen) atoms. The van der Waals surface area contributed by atoms with Crippen molar-refractivity contribution in [2.45, 2.75) is 44.9 Å². The van der Waals surface area contributed by atoms with Gasteiger partial charge in [0.2, 0.25) is 0 Å². The predicted octanol–water partition coefficient (Wildman–Crippen LogP) is 3.65. The van der Waals surface area contributed by atoms with Crippen molar-refractivity contribution in [2.75, 3.05) is 6.54 Å². The van der Waals surface area contributed by atoms with Crippen LogP contribution in [0.4, 0.5) is 0 Å². The molecule has 2 unspecified atom stereocenters. The van der Waals surface area contributed by atoms with Crippen molar-refractivity contribution in [3.05, 3.63) is 35.4 Å². The molecular weight excluding hydrogens is 194 g/mol. The lowest BCUT2D eigenvalue weighted by Crippen LogP contribution is -2.17. The van der Waals surface area contributed by atoms with E-state index in [4.69, 9.17) is 5.73 Å². The molecule has 1 nitrogen and oxygen atoms in total. The Balaban J connectivity index is 2.14. The summed E-state index contributed by atoms with van der Waals surface area (Å²) in [6.07, 6.45) is 4.16. The fourth-order valence-electron chi connectivity index (χ4n) is 2.37. The van der Waals surface area contributed by atoms with Crippen molar-refractivity contribution in [1.29, 1.82) is 0 Å². The lowest BCUT2D eigenvalue weighted by Gasteiger charge is -2.27. The van der Waals surface area contributed by atoms with E-state index >= 15 is 0 Å². The van der Waals surface area contributed by atoms with E-state index < -0.39 is 0 Å². The van der Waals surface area contributed by atoms with Crippen molar-refractivity contribution in [3.63, 3.8) is 0 Å². The summed E-state index contributed by atoms with van der Waals surface area (Å²) in [5.41, 5.74) is 8.75. The van der Waals surface area contributed by atoms with Crippen LogP contribution in [-0.4, -0.2) is 6.54 Å². The van der Waals surface area contributed by atoms with E-state index in [1.54, 1.807) is 5.56 Å². The maximum atomic E-state index is 5.75. The minimum absolute atomic E-state index is 0.566. The van der Waals surface area contributed by atoms with Crippen LogP contribution in [0.15, 0.2) is 24.3 Å². The standard InChI is InChI=1S/C15H23N/c1-11(10-16)12(2)14-7-4-8-15(9-14)13-5-3-6-13/h4,7-9,11-13H,3,5-6,10,16H2,1-2H3. The van der Waals surface area contributed by atoms with E-state index in [-0.39, 0.29) is 0 Å². The molecule has 0 heterocycles. The summed E-state index contributed by atoms with van der Waals surface area (Å²) in [5, 5.41) is 0. The molecule has 0 aromatic heterocycles. The van der Waals surface area contributed by atoms with Gasteiger partial charge in [0.05, 0.1) is 0 Å². The molecule has 1 heteroatoms. The normalized spacial score (nSPS) is 20.2. The van der Waals surface area contributed by atoms with Gasteiger partial charge < -0.3 is 5.73 Å². The molecule has 2 atom stereocenters. The van der Waals surface area contributed by atoms with Gasteiger partial charge in [0.15, 0.2) is 0 Å². The number of hydrogen-bond donors (Lipinski definition) is 1. The Hall–Kier alpha value is -0.820. The summed E-state index contributed by atoms with van der Waals surface area (Å²) in [7, 11) is 0. The van der Waals surface area contributed by atoms with Gasteiger partial charge in [-0.1, -0.05) is 44.5 Å². The van der Waals surface area contributed by atoms with E-state index in [2.05, 4.69) is 38.1 Å². The molecule has 1 aromatic rings. The van der Waals surface area contributed by atoms with Crippen LogP contribution in [0.25, 0.3) is 0 Å². The maximum Gasteiger partial charge on any atom is -0.00458 e. The summed E-state index contributed by atoms with van der Waals surface area (Å²) in [4.78, 5) is 0. The van der Waals surface area contributed by atoms with Gasteiger partial charge in [-0.2, -0.15) is 0 Å². The quantitative estimate of drug-likeness (QED) is 0.818. The molecule has 0 radical (unpaired) electrons. The van der Waals surface area contributed by atoms with E-state index in [0.29, 0.717) is 11.8 Å². The zero-order chi connectivity index (χ0) is 11.5. The Morgan fingerprint density at radius 2 is 2.06 bits per heavy atom. The molecule has 2 N–H and O–H groups in total. The van der Waals surface area contributed by atoms with Crippen LogP contribution < -0.4 is 5.73 Å². The molecule has 0 saturated heterocycles. The van der Waals surface area contributed by atoms with Crippen LogP contribution in [0, 0.1) is 5.92 Å². The van der Waals surface area contributed by atoms with Crippen molar-refractivity contribution in [3.8, 4) is 0 Å². The summed E-state index contributed by atoms with van der Waals surface area (Å²) >= 11 is 0. The second-order valence-corrected chi connectivity index (χ2v) is 5.30. The summed E-state index contributed by atoms with van der Waals surface area (Å²) in [6, 6.07) is 9.15. The van der Waals surface area contributed by atoms with Crippen molar-refractivity contribution < 1.29 is 0 Å². The number of hydrogen-bond acceptors (Lipinski definition) is 1. The maximum absolute atomic E-state index is 5.75. The van der Waals surface area contributed by atoms with Gasteiger partial charge >= 0.3 is 0 Å². The van der Waals surface area contributed by atoms with Crippen molar-refractivity contribution in [2.24, 2.45) is 11.7 Å². The SMILES string of the molecule is CC(CN)C(C)c1cccc(C2CCC2)c1. The minimum atomic E-state index is 0.566. The Kier molecular flexibility index (Phi) is 3.65. The molecule has 1 aromatic carbocycles. The van der Waals surface area contributed by atoms with E-state index in [9.17, 15) is 0 Å². The number of rotatable bonds is 4. The Morgan fingerprint density at radius 1 is 1.31 bits per heavy atom. The fraction of sp³-hybridized carbons (Fsp3) is 0.600. The lowest BCUT2D eigenvalue weighted by molar-refractivity contribution is 0.418. The van der Waals surface area contributed by atoms with Gasteiger partial charge in [-0.3, -0.25) is 0 Å². The molecule has 88 valence electrons. The average Bonchev–Trinajstić information content (AvgIpc) is 2.25. The summed E-state index contributed by atoms with van der Waals surface area (Å²) < 4.78 is 0. The van der Waals surface area contributed by atoms with Crippen LogP contribution >= 0.6 is 0 Å². The molecule has 1 saturated carbocycles. The number of nitrogens with two attached hydrogens (primary N) is 1. The lowest BCUT2D eigenvalue weighted by atomic mass is 9.78. The van der Waals surface area contributed by atoms with Crippen LogP contribution in [0.1, 0.15) is 56.1 Å². The zero-order valence-corrected chi connectivity index (χ0v) is 10.4. The Labute approximate surface area is 99.0 Å².